The molecule has 1 amide bonds. The van der Waals surface area contributed by atoms with Crippen LogP contribution in [-0.2, 0) is 10.0 Å². The van der Waals surface area contributed by atoms with Crippen molar-refractivity contribution in [3.8, 4) is 5.75 Å². The lowest BCUT2D eigenvalue weighted by Gasteiger charge is -2.34. The molecule has 10 nitrogen and oxygen atoms in total. The highest BCUT2D eigenvalue weighted by molar-refractivity contribution is 7.89. The Hall–Kier alpha value is -2.92. The van der Waals surface area contributed by atoms with Crippen molar-refractivity contribution in [2.45, 2.75) is 18.7 Å². The quantitative estimate of drug-likeness (QED) is 0.655. The Balaban J connectivity index is 1.77. The first-order valence-corrected chi connectivity index (χ1v) is 11.0. The molecule has 1 aromatic carbocycles. The Kier molecular flexibility index (Phi) is 6.42. The number of sulfonamides is 1. The summed E-state index contributed by atoms with van der Waals surface area (Å²) in [7, 11) is -2.38. The minimum absolute atomic E-state index is 0.0119. The van der Waals surface area contributed by atoms with E-state index in [0.717, 1.165) is 11.5 Å². The van der Waals surface area contributed by atoms with Crippen molar-refractivity contribution in [1.29, 1.82) is 0 Å². The zero-order chi connectivity index (χ0) is 21.9. The summed E-state index contributed by atoms with van der Waals surface area (Å²) >= 11 is 0. The van der Waals surface area contributed by atoms with E-state index in [2.05, 4.69) is 15.3 Å². The molecule has 1 saturated heterocycles. The number of ether oxygens (including phenoxy) is 1. The third kappa shape index (κ3) is 4.46. The number of nitrogens with two attached hydrogens (primary N) is 1. The molecule has 30 heavy (non-hydrogen) atoms. The van der Waals surface area contributed by atoms with Gasteiger partial charge in [0.25, 0.3) is 5.91 Å². The number of piperazine rings is 1. The van der Waals surface area contributed by atoms with Crippen LogP contribution in [0.3, 0.4) is 0 Å². The number of hydrogen-bond donors (Lipinski definition) is 2. The number of benzene rings is 1. The van der Waals surface area contributed by atoms with Crippen LogP contribution in [0.4, 0.5) is 11.8 Å². The van der Waals surface area contributed by atoms with Gasteiger partial charge in [0.15, 0.2) is 0 Å². The average Bonchev–Trinajstić information content (AvgIpc) is 2.73. The van der Waals surface area contributed by atoms with Crippen LogP contribution < -0.4 is 20.7 Å². The zero-order valence-corrected chi connectivity index (χ0v) is 18.1. The SMILES string of the molecule is CCNc1nc(C)cc(N2CCN(S(=O)(=O)c3ccc(OC)c(C(N)=O)c3)CC2)n1. The summed E-state index contributed by atoms with van der Waals surface area (Å²) in [6.07, 6.45) is 0. The summed E-state index contributed by atoms with van der Waals surface area (Å²) < 4.78 is 32.6. The van der Waals surface area contributed by atoms with Crippen LogP contribution in [0, 0.1) is 6.92 Å². The van der Waals surface area contributed by atoms with Gasteiger partial charge < -0.3 is 20.7 Å². The lowest BCUT2D eigenvalue weighted by Crippen LogP contribution is -2.49. The van der Waals surface area contributed by atoms with Gasteiger partial charge in [-0.1, -0.05) is 0 Å². The molecule has 0 unspecified atom stereocenters. The van der Waals surface area contributed by atoms with Gasteiger partial charge in [-0.25, -0.2) is 13.4 Å². The maximum Gasteiger partial charge on any atom is 0.252 e. The molecule has 1 aromatic heterocycles. The Bertz CT molecular complexity index is 1040. The van der Waals surface area contributed by atoms with E-state index < -0.39 is 15.9 Å². The maximum absolute atomic E-state index is 13.1. The number of methoxy groups -OCH3 is 1. The van der Waals surface area contributed by atoms with E-state index in [1.165, 1.54) is 29.6 Å². The second-order valence-corrected chi connectivity index (χ2v) is 8.78. The van der Waals surface area contributed by atoms with Gasteiger partial charge in [-0.2, -0.15) is 9.29 Å². The van der Waals surface area contributed by atoms with Crippen molar-refractivity contribution >= 4 is 27.7 Å². The Morgan fingerprint density at radius 3 is 2.50 bits per heavy atom. The molecule has 0 saturated carbocycles. The first-order chi connectivity index (χ1) is 14.3. The van der Waals surface area contributed by atoms with Gasteiger partial charge in [-0.15, -0.1) is 0 Å². The number of primary amides is 1. The van der Waals surface area contributed by atoms with Crippen molar-refractivity contribution in [3.63, 3.8) is 0 Å². The molecule has 162 valence electrons. The Labute approximate surface area is 176 Å². The number of carbonyl (C=O) groups is 1. The van der Waals surface area contributed by atoms with Crippen molar-refractivity contribution in [3.05, 3.63) is 35.5 Å². The standard InChI is InChI=1S/C19H26N6O4S/c1-4-21-19-22-13(2)11-17(23-19)24-7-9-25(10-8-24)30(27,28)14-5-6-16(29-3)15(12-14)18(20)26/h5-6,11-12H,4,7-10H2,1-3H3,(H2,20,26)(H,21,22,23). The molecule has 3 N–H and O–H groups in total. The van der Waals surface area contributed by atoms with Crippen LogP contribution in [0.5, 0.6) is 5.75 Å². The summed E-state index contributed by atoms with van der Waals surface area (Å²) in [5, 5.41) is 3.10. The number of hydrogen-bond acceptors (Lipinski definition) is 8. The number of rotatable bonds is 7. The third-order valence-corrected chi connectivity index (χ3v) is 6.71. The molecule has 0 atom stereocenters. The number of carbonyl (C=O) groups excluding carboxylic acids is 1. The fraction of sp³-hybridized carbons (Fsp3) is 0.421. The number of nitrogens with zero attached hydrogens (tertiary/aromatic N) is 4. The van der Waals surface area contributed by atoms with Gasteiger partial charge in [-0.3, -0.25) is 4.79 Å². The van der Waals surface area contributed by atoms with Crippen molar-refractivity contribution < 1.29 is 17.9 Å². The van der Waals surface area contributed by atoms with Crippen molar-refractivity contribution in [1.82, 2.24) is 14.3 Å². The number of anilines is 2. The highest BCUT2D eigenvalue weighted by atomic mass is 32.2. The molecule has 3 rings (SSSR count). The summed E-state index contributed by atoms with van der Waals surface area (Å²) in [5.74, 6) is 0.807. The van der Waals surface area contributed by atoms with E-state index in [1.807, 2.05) is 24.8 Å². The van der Waals surface area contributed by atoms with Gasteiger partial charge >= 0.3 is 0 Å². The molecule has 1 fully saturated rings. The highest BCUT2D eigenvalue weighted by Crippen LogP contribution is 2.26. The van der Waals surface area contributed by atoms with Crippen molar-refractivity contribution in [2.75, 3.05) is 50.1 Å². The Morgan fingerprint density at radius 2 is 1.90 bits per heavy atom. The van der Waals surface area contributed by atoms with Crippen LogP contribution in [0.2, 0.25) is 0 Å². The summed E-state index contributed by atoms with van der Waals surface area (Å²) in [6.45, 7) is 6.13. The molecule has 0 spiro atoms. The molecule has 1 aliphatic heterocycles. The lowest BCUT2D eigenvalue weighted by molar-refractivity contribution is 0.0997. The predicted molar refractivity (Wildman–Crippen MR) is 113 cm³/mol. The molecular formula is C19H26N6O4S. The van der Waals surface area contributed by atoms with Crippen LogP contribution in [-0.4, -0.2) is 68.4 Å². The fourth-order valence-corrected chi connectivity index (χ4v) is 4.75. The topological polar surface area (TPSA) is 131 Å². The van der Waals surface area contributed by atoms with E-state index in [0.29, 0.717) is 38.7 Å². The van der Waals surface area contributed by atoms with E-state index in [-0.39, 0.29) is 16.2 Å². The van der Waals surface area contributed by atoms with E-state index in [1.54, 1.807) is 0 Å². The largest absolute Gasteiger partial charge is 0.496 e. The van der Waals surface area contributed by atoms with Crippen LogP contribution in [0.25, 0.3) is 0 Å². The van der Waals surface area contributed by atoms with Crippen LogP contribution >= 0.6 is 0 Å². The van der Waals surface area contributed by atoms with Gasteiger partial charge in [-0.05, 0) is 32.0 Å². The predicted octanol–water partition coefficient (Wildman–Crippen LogP) is 0.835. The summed E-state index contributed by atoms with van der Waals surface area (Å²) in [5.41, 5.74) is 6.23. The molecule has 11 heteroatoms. The maximum atomic E-state index is 13.1. The Morgan fingerprint density at radius 1 is 1.20 bits per heavy atom. The molecular weight excluding hydrogens is 408 g/mol. The molecule has 0 aliphatic carbocycles. The first kappa shape index (κ1) is 21.8. The smallest absolute Gasteiger partial charge is 0.252 e. The fourth-order valence-electron chi connectivity index (χ4n) is 3.30. The average molecular weight is 435 g/mol. The van der Waals surface area contributed by atoms with Gasteiger partial charge in [0, 0.05) is 44.5 Å². The minimum atomic E-state index is -3.78. The van der Waals surface area contributed by atoms with Gasteiger partial charge in [0.1, 0.15) is 11.6 Å². The number of amides is 1. The second-order valence-electron chi connectivity index (χ2n) is 6.84. The summed E-state index contributed by atoms with van der Waals surface area (Å²) in [4.78, 5) is 22.6. The normalized spacial score (nSPS) is 15.1. The number of aryl methyl sites for hydroxylation is 1. The zero-order valence-electron chi connectivity index (χ0n) is 17.3. The van der Waals surface area contributed by atoms with Gasteiger partial charge in [0.2, 0.25) is 16.0 Å². The molecule has 0 radical (unpaired) electrons. The number of nitrogens with one attached hydrogen (secondary N) is 1. The lowest BCUT2D eigenvalue weighted by atomic mass is 10.2. The van der Waals surface area contributed by atoms with Crippen LogP contribution in [0.1, 0.15) is 23.0 Å². The molecule has 0 bridgehead atoms. The van der Waals surface area contributed by atoms with E-state index in [9.17, 15) is 13.2 Å². The second kappa shape index (κ2) is 8.84. The van der Waals surface area contributed by atoms with E-state index in [4.69, 9.17) is 10.5 Å². The summed E-state index contributed by atoms with van der Waals surface area (Å²) in [6, 6.07) is 6.01. The molecule has 1 aliphatic rings. The third-order valence-electron chi connectivity index (χ3n) is 4.81. The molecule has 2 aromatic rings. The van der Waals surface area contributed by atoms with Crippen molar-refractivity contribution in [2.24, 2.45) is 5.73 Å². The minimum Gasteiger partial charge on any atom is -0.496 e. The molecule has 2 heterocycles. The van der Waals surface area contributed by atoms with Crippen LogP contribution in [0.15, 0.2) is 29.2 Å². The van der Waals surface area contributed by atoms with E-state index >= 15 is 0 Å². The van der Waals surface area contributed by atoms with Gasteiger partial charge in [0.05, 0.1) is 17.6 Å². The first-order valence-electron chi connectivity index (χ1n) is 9.58. The highest BCUT2D eigenvalue weighted by Gasteiger charge is 2.30. The number of aromatic nitrogens is 2. The monoisotopic (exact) mass is 434 g/mol.